The number of hydrogen-bond donors (Lipinski definition) is 2. The van der Waals surface area contributed by atoms with E-state index in [0.717, 1.165) is 5.69 Å². The summed E-state index contributed by atoms with van der Waals surface area (Å²) >= 11 is 0. The van der Waals surface area contributed by atoms with Crippen LogP contribution in [0.25, 0.3) is 0 Å². The molecule has 2 N–H and O–H groups in total. The van der Waals surface area contributed by atoms with Crippen molar-refractivity contribution in [3.8, 4) is 0 Å². The van der Waals surface area contributed by atoms with Crippen molar-refractivity contribution in [1.29, 1.82) is 0 Å². The van der Waals surface area contributed by atoms with E-state index in [-0.39, 0.29) is 11.7 Å². The van der Waals surface area contributed by atoms with Gasteiger partial charge >= 0.3 is 0 Å². The second-order valence-electron chi connectivity index (χ2n) is 3.42. The maximum Gasteiger partial charge on any atom is 0.289 e. The van der Waals surface area contributed by atoms with Crippen molar-refractivity contribution in [2.75, 3.05) is 6.54 Å². The number of carbonyl (C=O) groups is 1. The van der Waals surface area contributed by atoms with Crippen LogP contribution in [0.2, 0.25) is 0 Å². The highest BCUT2D eigenvalue weighted by Crippen LogP contribution is 2.01. The Bertz CT molecular complexity index is 461. The molecule has 2 aromatic heterocycles. The van der Waals surface area contributed by atoms with Gasteiger partial charge in [-0.15, -0.1) is 0 Å². The van der Waals surface area contributed by atoms with E-state index < -0.39 is 0 Å². The number of aromatic amines is 1. The minimum Gasteiger partial charge on any atom is -0.351 e. The SMILES string of the molecule is Cc1cc(C(=O)NCCc2cnc[nH]2)on1. The lowest BCUT2D eigenvalue weighted by Gasteiger charge is -2.00. The summed E-state index contributed by atoms with van der Waals surface area (Å²) in [6.07, 6.45) is 4.04. The van der Waals surface area contributed by atoms with E-state index in [1.165, 1.54) is 0 Å². The lowest BCUT2D eigenvalue weighted by molar-refractivity contribution is 0.0917. The van der Waals surface area contributed by atoms with E-state index in [0.29, 0.717) is 18.7 Å². The summed E-state index contributed by atoms with van der Waals surface area (Å²) in [7, 11) is 0. The van der Waals surface area contributed by atoms with Gasteiger partial charge in [0, 0.05) is 30.9 Å². The van der Waals surface area contributed by atoms with Crippen LogP contribution in [0.5, 0.6) is 0 Å². The van der Waals surface area contributed by atoms with Gasteiger partial charge < -0.3 is 14.8 Å². The predicted molar refractivity (Wildman–Crippen MR) is 55.9 cm³/mol. The van der Waals surface area contributed by atoms with Crippen molar-refractivity contribution in [3.63, 3.8) is 0 Å². The molecule has 0 spiro atoms. The van der Waals surface area contributed by atoms with Gasteiger partial charge in [0.25, 0.3) is 5.91 Å². The molecule has 6 heteroatoms. The average Bonchev–Trinajstić information content (AvgIpc) is 2.89. The van der Waals surface area contributed by atoms with Gasteiger partial charge in [-0.1, -0.05) is 5.16 Å². The largest absolute Gasteiger partial charge is 0.351 e. The minimum absolute atomic E-state index is 0.238. The Morgan fingerprint density at radius 1 is 1.62 bits per heavy atom. The van der Waals surface area contributed by atoms with Crippen molar-refractivity contribution < 1.29 is 9.32 Å². The fourth-order valence-electron chi connectivity index (χ4n) is 1.29. The zero-order valence-corrected chi connectivity index (χ0v) is 8.86. The zero-order valence-electron chi connectivity index (χ0n) is 8.86. The fraction of sp³-hybridized carbons (Fsp3) is 0.300. The van der Waals surface area contributed by atoms with Crippen LogP contribution in [-0.2, 0) is 6.42 Å². The number of nitrogens with zero attached hydrogens (tertiary/aromatic N) is 2. The summed E-state index contributed by atoms with van der Waals surface area (Å²) in [5.74, 6) is -0.0118. The molecule has 1 amide bonds. The van der Waals surface area contributed by atoms with E-state index in [4.69, 9.17) is 4.52 Å². The molecule has 16 heavy (non-hydrogen) atoms. The third-order valence-corrected chi connectivity index (χ3v) is 2.09. The number of H-pyrrole nitrogens is 1. The van der Waals surface area contributed by atoms with Crippen LogP contribution in [0.4, 0.5) is 0 Å². The Balaban J connectivity index is 1.80. The number of amides is 1. The normalized spacial score (nSPS) is 10.3. The van der Waals surface area contributed by atoms with Gasteiger partial charge in [-0.25, -0.2) is 4.98 Å². The topological polar surface area (TPSA) is 83.8 Å². The summed E-state index contributed by atoms with van der Waals surface area (Å²) in [5.41, 5.74) is 1.67. The number of rotatable bonds is 4. The van der Waals surface area contributed by atoms with Gasteiger partial charge in [0.05, 0.1) is 12.0 Å². The first kappa shape index (κ1) is 10.4. The summed E-state index contributed by atoms with van der Waals surface area (Å²) in [4.78, 5) is 18.4. The third-order valence-electron chi connectivity index (χ3n) is 2.09. The standard InChI is InChI=1S/C10H12N4O2/c1-7-4-9(16-14-7)10(15)12-3-2-8-5-11-6-13-8/h4-6H,2-3H2,1H3,(H,11,13)(H,12,15). The van der Waals surface area contributed by atoms with Crippen molar-refractivity contribution >= 4 is 5.91 Å². The Kier molecular flexibility index (Phi) is 3.00. The van der Waals surface area contributed by atoms with Crippen LogP contribution < -0.4 is 5.32 Å². The Morgan fingerprint density at radius 3 is 3.12 bits per heavy atom. The zero-order chi connectivity index (χ0) is 11.4. The van der Waals surface area contributed by atoms with E-state index in [9.17, 15) is 4.79 Å². The molecular formula is C10H12N4O2. The lowest BCUT2D eigenvalue weighted by atomic mass is 10.3. The van der Waals surface area contributed by atoms with Crippen LogP contribution in [0.3, 0.4) is 0 Å². The van der Waals surface area contributed by atoms with Crippen LogP contribution in [0.1, 0.15) is 21.9 Å². The molecular weight excluding hydrogens is 208 g/mol. The Hall–Kier alpha value is -2.11. The molecule has 0 saturated carbocycles. The van der Waals surface area contributed by atoms with Crippen molar-refractivity contribution in [3.05, 3.63) is 35.7 Å². The van der Waals surface area contributed by atoms with Gasteiger partial charge in [0.2, 0.25) is 5.76 Å². The number of aryl methyl sites for hydroxylation is 1. The third kappa shape index (κ3) is 2.47. The molecule has 0 aromatic carbocycles. The number of nitrogens with one attached hydrogen (secondary N) is 2. The monoisotopic (exact) mass is 220 g/mol. The van der Waals surface area contributed by atoms with Gasteiger partial charge in [0.1, 0.15) is 0 Å². The van der Waals surface area contributed by atoms with Crippen LogP contribution in [-0.4, -0.2) is 27.6 Å². The smallest absolute Gasteiger partial charge is 0.289 e. The van der Waals surface area contributed by atoms with Crippen molar-refractivity contribution in [2.45, 2.75) is 13.3 Å². The highest BCUT2D eigenvalue weighted by atomic mass is 16.5. The molecule has 84 valence electrons. The summed E-state index contributed by atoms with van der Waals surface area (Å²) in [6.45, 7) is 2.30. The van der Waals surface area contributed by atoms with Crippen molar-refractivity contribution in [1.82, 2.24) is 20.4 Å². The van der Waals surface area contributed by atoms with E-state index in [1.807, 2.05) is 0 Å². The molecule has 0 saturated heterocycles. The molecule has 0 bridgehead atoms. The molecule has 0 aliphatic carbocycles. The molecule has 0 radical (unpaired) electrons. The fourth-order valence-corrected chi connectivity index (χ4v) is 1.29. The molecule has 0 atom stereocenters. The summed E-state index contributed by atoms with van der Waals surface area (Å²) in [6, 6.07) is 1.60. The minimum atomic E-state index is -0.250. The van der Waals surface area contributed by atoms with E-state index in [2.05, 4.69) is 20.4 Å². The van der Waals surface area contributed by atoms with Gasteiger partial charge in [-0.05, 0) is 6.92 Å². The average molecular weight is 220 g/mol. The molecule has 0 unspecified atom stereocenters. The first-order valence-corrected chi connectivity index (χ1v) is 4.94. The molecule has 0 fully saturated rings. The van der Waals surface area contributed by atoms with Crippen molar-refractivity contribution in [2.24, 2.45) is 0 Å². The molecule has 6 nitrogen and oxygen atoms in total. The number of imidazole rings is 1. The first-order chi connectivity index (χ1) is 7.75. The highest BCUT2D eigenvalue weighted by molar-refractivity contribution is 5.91. The quantitative estimate of drug-likeness (QED) is 0.793. The number of carbonyl (C=O) groups excluding carboxylic acids is 1. The van der Waals surface area contributed by atoms with Crippen LogP contribution >= 0.6 is 0 Å². The number of hydrogen-bond acceptors (Lipinski definition) is 4. The second kappa shape index (κ2) is 4.61. The van der Waals surface area contributed by atoms with Gasteiger partial charge in [-0.3, -0.25) is 4.79 Å². The second-order valence-corrected chi connectivity index (χ2v) is 3.42. The lowest BCUT2D eigenvalue weighted by Crippen LogP contribution is -2.25. The predicted octanol–water partition coefficient (Wildman–Crippen LogP) is 0.679. The molecule has 2 heterocycles. The first-order valence-electron chi connectivity index (χ1n) is 4.94. The summed E-state index contributed by atoms with van der Waals surface area (Å²) < 4.78 is 4.83. The maximum atomic E-state index is 11.5. The maximum absolute atomic E-state index is 11.5. The molecule has 2 rings (SSSR count). The van der Waals surface area contributed by atoms with E-state index in [1.54, 1.807) is 25.5 Å². The molecule has 2 aromatic rings. The highest BCUT2D eigenvalue weighted by Gasteiger charge is 2.10. The number of aromatic nitrogens is 3. The Morgan fingerprint density at radius 2 is 2.50 bits per heavy atom. The van der Waals surface area contributed by atoms with Crippen LogP contribution in [0, 0.1) is 6.92 Å². The van der Waals surface area contributed by atoms with Gasteiger partial charge in [-0.2, -0.15) is 0 Å². The summed E-state index contributed by atoms with van der Waals surface area (Å²) in [5, 5.41) is 6.37. The molecule has 0 aliphatic rings. The Labute approximate surface area is 92.1 Å². The van der Waals surface area contributed by atoms with Crippen LogP contribution in [0.15, 0.2) is 23.1 Å². The van der Waals surface area contributed by atoms with Gasteiger partial charge in [0.15, 0.2) is 0 Å². The molecule has 0 aliphatic heterocycles. The van der Waals surface area contributed by atoms with E-state index >= 15 is 0 Å².